The van der Waals surface area contributed by atoms with E-state index in [9.17, 15) is 10.1 Å². The quantitative estimate of drug-likeness (QED) is 0.248. The highest BCUT2D eigenvalue weighted by molar-refractivity contribution is 5.59. The van der Waals surface area contributed by atoms with Gasteiger partial charge in [0.15, 0.2) is 0 Å². The lowest BCUT2D eigenvalue weighted by molar-refractivity contribution is -0.384. The predicted molar refractivity (Wildman–Crippen MR) is 127 cm³/mol. The van der Waals surface area contributed by atoms with E-state index in [1.165, 1.54) is 11.1 Å². The van der Waals surface area contributed by atoms with Gasteiger partial charge in [0, 0.05) is 18.5 Å². The third-order valence-corrected chi connectivity index (χ3v) is 5.69. The highest BCUT2D eigenvalue weighted by Gasteiger charge is 2.17. The summed E-state index contributed by atoms with van der Waals surface area (Å²) < 4.78 is 0. The molecule has 0 fully saturated rings. The third kappa shape index (κ3) is 6.40. The largest absolute Gasteiger partial charge is 0.393 e. The van der Waals surface area contributed by atoms with Crippen LogP contribution in [0.1, 0.15) is 42.4 Å². The average molecular weight is 418 g/mol. The molecule has 3 aromatic rings. The van der Waals surface area contributed by atoms with E-state index in [1.807, 2.05) is 6.07 Å². The molecule has 0 amide bonds. The van der Waals surface area contributed by atoms with Gasteiger partial charge in [0.05, 0.1) is 4.92 Å². The first kappa shape index (κ1) is 22.5. The van der Waals surface area contributed by atoms with Crippen molar-refractivity contribution in [3.05, 3.63) is 106 Å². The van der Waals surface area contributed by atoms with E-state index in [0.717, 1.165) is 44.5 Å². The highest BCUT2D eigenvalue weighted by atomic mass is 16.6. The van der Waals surface area contributed by atoms with Gasteiger partial charge < -0.3 is 10.6 Å². The summed E-state index contributed by atoms with van der Waals surface area (Å²) in [5.74, 6) is 0.347. The van der Waals surface area contributed by atoms with Gasteiger partial charge in [-0.25, -0.2) is 0 Å². The van der Waals surface area contributed by atoms with Crippen LogP contribution in [-0.4, -0.2) is 29.5 Å². The molecule has 0 atom stereocenters. The fourth-order valence-corrected chi connectivity index (χ4v) is 4.05. The molecule has 0 radical (unpaired) electrons. The maximum atomic E-state index is 11.2. The standard InChI is InChI=1S/C26H31N3O2/c1-2-17-28(18-15-21-13-14-25(27)26(20-21)29(30)31)19-16-24(22-9-5-3-6-10-22)23-11-7-4-8-12-23/h3-14,20,24H,2,15-19,27H2,1H3. The Morgan fingerprint density at radius 2 is 1.52 bits per heavy atom. The number of nitrogen functional groups attached to an aromatic ring is 1. The van der Waals surface area contributed by atoms with Crippen LogP contribution in [-0.2, 0) is 6.42 Å². The zero-order valence-corrected chi connectivity index (χ0v) is 18.1. The molecule has 162 valence electrons. The maximum absolute atomic E-state index is 11.2. The van der Waals surface area contributed by atoms with Crippen LogP contribution >= 0.6 is 0 Å². The third-order valence-electron chi connectivity index (χ3n) is 5.69. The lowest BCUT2D eigenvalue weighted by Crippen LogP contribution is -2.29. The number of benzene rings is 3. The molecule has 0 bridgehead atoms. The molecule has 3 aromatic carbocycles. The highest BCUT2D eigenvalue weighted by Crippen LogP contribution is 2.28. The Bertz CT molecular complexity index is 921. The van der Waals surface area contributed by atoms with Crippen molar-refractivity contribution in [3.8, 4) is 0 Å². The molecular weight excluding hydrogens is 386 g/mol. The Labute approximate surface area is 184 Å². The number of nitro benzene ring substituents is 1. The van der Waals surface area contributed by atoms with Crippen molar-refractivity contribution in [2.24, 2.45) is 0 Å². The van der Waals surface area contributed by atoms with E-state index in [4.69, 9.17) is 5.73 Å². The number of nitrogens with two attached hydrogens (primary N) is 1. The fourth-order valence-electron chi connectivity index (χ4n) is 4.05. The number of hydrogen-bond acceptors (Lipinski definition) is 4. The number of anilines is 1. The summed E-state index contributed by atoms with van der Waals surface area (Å²) in [4.78, 5) is 13.2. The first-order valence-electron chi connectivity index (χ1n) is 10.9. The van der Waals surface area contributed by atoms with Gasteiger partial charge in [0.1, 0.15) is 5.69 Å². The molecule has 0 aliphatic heterocycles. The molecule has 0 saturated heterocycles. The van der Waals surface area contributed by atoms with Crippen LogP contribution < -0.4 is 5.73 Å². The van der Waals surface area contributed by atoms with Crippen LogP contribution in [0.25, 0.3) is 0 Å². The number of hydrogen-bond donors (Lipinski definition) is 1. The summed E-state index contributed by atoms with van der Waals surface area (Å²) in [6, 6.07) is 26.5. The summed E-state index contributed by atoms with van der Waals surface area (Å²) in [7, 11) is 0. The molecule has 0 aromatic heterocycles. The molecule has 0 spiro atoms. The molecular formula is C26H31N3O2. The van der Waals surface area contributed by atoms with Crippen molar-refractivity contribution in [3.63, 3.8) is 0 Å². The molecule has 5 nitrogen and oxygen atoms in total. The zero-order chi connectivity index (χ0) is 22.1. The maximum Gasteiger partial charge on any atom is 0.292 e. The van der Waals surface area contributed by atoms with Crippen molar-refractivity contribution in [1.29, 1.82) is 0 Å². The topological polar surface area (TPSA) is 72.4 Å². The molecule has 5 heteroatoms. The van der Waals surface area contributed by atoms with Crippen LogP contribution in [0.4, 0.5) is 11.4 Å². The van der Waals surface area contributed by atoms with Gasteiger partial charge in [-0.05, 0) is 55.1 Å². The second-order valence-corrected chi connectivity index (χ2v) is 7.90. The van der Waals surface area contributed by atoms with Crippen molar-refractivity contribution in [1.82, 2.24) is 4.90 Å². The molecule has 0 unspecified atom stereocenters. The normalized spacial score (nSPS) is 11.2. The van der Waals surface area contributed by atoms with Crippen molar-refractivity contribution >= 4 is 11.4 Å². The Hall–Kier alpha value is -3.18. The van der Waals surface area contributed by atoms with Gasteiger partial charge in [0.2, 0.25) is 0 Å². The van der Waals surface area contributed by atoms with Crippen molar-refractivity contribution in [2.45, 2.75) is 32.1 Å². The fraction of sp³-hybridized carbons (Fsp3) is 0.308. The van der Waals surface area contributed by atoms with Crippen molar-refractivity contribution in [2.75, 3.05) is 25.4 Å². The summed E-state index contributed by atoms with van der Waals surface area (Å²) in [5, 5.41) is 11.2. The minimum atomic E-state index is -0.410. The van der Waals surface area contributed by atoms with E-state index in [-0.39, 0.29) is 11.4 Å². The second kappa shape index (κ2) is 11.3. The lowest BCUT2D eigenvalue weighted by atomic mass is 9.88. The first-order valence-corrected chi connectivity index (χ1v) is 10.9. The Kier molecular flexibility index (Phi) is 8.19. The molecule has 3 rings (SSSR count). The van der Waals surface area contributed by atoms with Gasteiger partial charge in [-0.1, -0.05) is 73.7 Å². The van der Waals surface area contributed by atoms with Gasteiger partial charge in [-0.15, -0.1) is 0 Å². The van der Waals surface area contributed by atoms with E-state index < -0.39 is 4.92 Å². The van der Waals surface area contributed by atoms with E-state index >= 15 is 0 Å². The van der Waals surface area contributed by atoms with Crippen LogP contribution in [0.5, 0.6) is 0 Å². The molecule has 0 saturated carbocycles. The number of nitrogens with zero attached hydrogens (tertiary/aromatic N) is 2. The predicted octanol–water partition coefficient (Wildman–Crippen LogP) is 5.65. The summed E-state index contributed by atoms with van der Waals surface area (Å²) in [5.41, 5.74) is 9.56. The Balaban J connectivity index is 1.68. The van der Waals surface area contributed by atoms with Crippen molar-refractivity contribution < 1.29 is 4.92 Å². The van der Waals surface area contributed by atoms with E-state index in [0.29, 0.717) is 5.92 Å². The summed E-state index contributed by atoms with van der Waals surface area (Å²) in [6.07, 6.45) is 2.86. The summed E-state index contributed by atoms with van der Waals surface area (Å²) >= 11 is 0. The lowest BCUT2D eigenvalue weighted by Gasteiger charge is -2.25. The molecule has 2 N–H and O–H groups in total. The Morgan fingerprint density at radius 3 is 2.06 bits per heavy atom. The van der Waals surface area contributed by atoms with Gasteiger partial charge in [0.25, 0.3) is 5.69 Å². The monoisotopic (exact) mass is 417 g/mol. The Morgan fingerprint density at radius 1 is 0.903 bits per heavy atom. The van der Waals surface area contributed by atoms with Gasteiger partial charge in [-0.3, -0.25) is 10.1 Å². The first-order chi connectivity index (χ1) is 15.1. The van der Waals surface area contributed by atoms with Crippen LogP contribution in [0, 0.1) is 10.1 Å². The van der Waals surface area contributed by atoms with Gasteiger partial charge in [-0.2, -0.15) is 0 Å². The number of rotatable bonds is 11. The average Bonchev–Trinajstić information content (AvgIpc) is 2.79. The minimum Gasteiger partial charge on any atom is -0.393 e. The number of nitro groups is 1. The zero-order valence-electron chi connectivity index (χ0n) is 18.1. The SMILES string of the molecule is CCCN(CCc1ccc(N)c([N+](=O)[O-])c1)CCC(c1ccccc1)c1ccccc1. The van der Waals surface area contributed by atoms with Crippen LogP contribution in [0.15, 0.2) is 78.9 Å². The van der Waals surface area contributed by atoms with Gasteiger partial charge >= 0.3 is 0 Å². The molecule has 0 aliphatic rings. The summed E-state index contributed by atoms with van der Waals surface area (Å²) in [6.45, 7) is 5.03. The van der Waals surface area contributed by atoms with E-state index in [1.54, 1.807) is 12.1 Å². The van der Waals surface area contributed by atoms with E-state index in [2.05, 4.69) is 72.5 Å². The smallest absolute Gasteiger partial charge is 0.292 e. The van der Waals surface area contributed by atoms with Crippen LogP contribution in [0.3, 0.4) is 0 Å². The molecule has 0 aliphatic carbocycles. The minimum absolute atomic E-state index is 0.00670. The second-order valence-electron chi connectivity index (χ2n) is 7.90. The van der Waals surface area contributed by atoms with Crippen LogP contribution in [0.2, 0.25) is 0 Å². The molecule has 0 heterocycles. The molecule has 31 heavy (non-hydrogen) atoms.